The van der Waals surface area contributed by atoms with Crippen molar-refractivity contribution in [2.75, 3.05) is 11.9 Å². The number of rotatable bonds is 5. The average molecular weight is 420 g/mol. The van der Waals surface area contributed by atoms with Crippen molar-refractivity contribution < 1.29 is 14.4 Å². The largest absolute Gasteiger partial charge is 0.325 e. The quantitative estimate of drug-likeness (QED) is 0.634. The lowest BCUT2D eigenvalue weighted by molar-refractivity contribution is -0.150. The maximum Gasteiger partial charge on any atom is 0.244 e. The van der Waals surface area contributed by atoms with Gasteiger partial charge in [0, 0.05) is 35.4 Å². The molecule has 0 saturated carbocycles. The number of anilines is 1. The molecule has 1 saturated heterocycles. The third-order valence-corrected chi connectivity index (χ3v) is 5.87. The van der Waals surface area contributed by atoms with E-state index >= 15 is 0 Å². The Morgan fingerprint density at radius 1 is 1.07 bits per heavy atom. The summed E-state index contributed by atoms with van der Waals surface area (Å²) in [5.41, 5.74) is 3.44. The Labute approximate surface area is 178 Å². The molecule has 7 heteroatoms. The zero-order chi connectivity index (χ0) is 21.1. The summed E-state index contributed by atoms with van der Waals surface area (Å²) < 4.78 is 0. The van der Waals surface area contributed by atoms with Gasteiger partial charge in [0.15, 0.2) is 0 Å². The van der Waals surface area contributed by atoms with Gasteiger partial charge in [0.25, 0.3) is 0 Å². The van der Waals surface area contributed by atoms with Crippen molar-refractivity contribution in [3.8, 4) is 11.3 Å². The standard InChI is InChI=1S/C23H21N3O3S/c1-15-24-20(14-30-15)17-7-9-19(10-8-17)25-21(27)13-26-22(28)11-18(12-23(26)29)16-5-3-2-4-6-16/h2-10,14,18H,11-13H2,1H3,(H,25,27). The molecule has 0 atom stereocenters. The summed E-state index contributed by atoms with van der Waals surface area (Å²) in [4.78, 5) is 42.9. The van der Waals surface area contributed by atoms with Gasteiger partial charge < -0.3 is 5.32 Å². The number of thiazole rings is 1. The minimum Gasteiger partial charge on any atom is -0.325 e. The van der Waals surface area contributed by atoms with Crippen LogP contribution in [0, 0.1) is 6.92 Å². The van der Waals surface area contributed by atoms with E-state index in [1.54, 1.807) is 23.5 Å². The highest BCUT2D eigenvalue weighted by Crippen LogP contribution is 2.29. The number of imide groups is 1. The van der Waals surface area contributed by atoms with Crippen molar-refractivity contribution in [3.63, 3.8) is 0 Å². The number of amides is 3. The van der Waals surface area contributed by atoms with Gasteiger partial charge in [-0.15, -0.1) is 11.3 Å². The van der Waals surface area contributed by atoms with Crippen LogP contribution in [0.25, 0.3) is 11.3 Å². The van der Waals surface area contributed by atoms with Gasteiger partial charge in [-0.2, -0.15) is 0 Å². The van der Waals surface area contributed by atoms with Gasteiger partial charge >= 0.3 is 0 Å². The van der Waals surface area contributed by atoms with Crippen molar-refractivity contribution >= 4 is 34.7 Å². The van der Waals surface area contributed by atoms with E-state index in [1.807, 2.05) is 54.8 Å². The summed E-state index contributed by atoms with van der Waals surface area (Å²) in [7, 11) is 0. The number of likely N-dealkylation sites (tertiary alicyclic amines) is 1. The van der Waals surface area contributed by atoms with Crippen LogP contribution in [-0.4, -0.2) is 34.2 Å². The fourth-order valence-corrected chi connectivity index (χ4v) is 4.18. The molecule has 1 aromatic heterocycles. The smallest absolute Gasteiger partial charge is 0.244 e. The molecular formula is C23H21N3O3S. The Hall–Kier alpha value is -3.32. The highest BCUT2D eigenvalue weighted by Gasteiger charge is 2.34. The van der Waals surface area contributed by atoms with Crippen LogP contribution in [0.4, 0.5) is 5.69 Å². The van der Waals surface area contributed by atoms with E-state index in [1.165, 1.54) is 0 Å². The van der Waals surface area contributed by atoms with Gasteiger partial charge in [-0.3, -0.25) is 19.3 Å². The molecule has 1 aliphatic heterocycles. The first kappa shape index (κ1) is 20.0. The first-order chi connectivity index (χ1) is 14.5. The van der Waals surface area contributed by atoms with E-state index in [0.29, 0.717) is 5.69 Å². The number of carbonyl (C=O) groups is 3. The lowest BCUT2D eigenvalue weighted by Gasteiger charge is -2.29. The maximum absolute atomic E-state index is 12.5. The molecule has 3 aromatic rings. The summed E-state index contributed by atoms with van der Waals surface area (Å²) in [5, 5.41) is 5.73. The molecule has 3 amide bonds. The summed E-state index contributed by atoms with van der Waals surface area (Å²) in [6, 6.07) is 16.9. The number of hydrogen-bond acceptors (Lipinski definition) is 5. The number of nitrogens with one attached hydrogen (secondary N) is 1. The number of aromatic nitrogens is 1. The predicted octanol–water partition coefficient (Wildman–Crippen LogP) is 3.99. The molecule has 4 rings (SSSR count). The van der Waals surface area contributed by atoms with Gasteiger partial charge in [0.05, 0.1) is 10.7 Å². The molecule has 0 aliphatic carbocycles. The number of benzene rings is 2. The molecule has 30 heavy (non-hydrogen) atoms. The second-order valence-electron chi connectivity index (χ2n) is 7.27. The van der Waals surface area contributed by atoms with Crippen LogP contribution in [0.3, 0.4) is 0 Å². The highest BCUT2D eigenvalue weighted by atomic mass is 32.1. The van der Waals surface area contributed by atoms with Crippen LogP contribution >= 0.6 is 11.3 Å². The van der Waals surface area contributed by atoms with Crippen LogP contribution in [0.2, 0.25) is 0 Å². The molecule has 2 heterocycles. The maximum atomic E-state index is 12.5. The molecule has 1 N–H and O–H groups in total. The SMILES string of the molecule is Cc1nc(-c2ccc(NC(=O)CN3C(=O)CC(c4ccccc4)CC3=O)cc2)cs1. The zero-order valence-electron chi connectivity index (χ0n) is 16.5. The summed E-state index contributed by atoms with van der Waals surface area (Å²) in [5.74, 6) is -1.16. The predicted molar refractivity (Wildman–Crippen MR) is 116 cm³/mol. The zero-order valence-corrected chi connectivity index (χ0v) is 17.3. The third kappa shape index (κ3) is 4.46. The first-order valence-electron chi connectivity index (χ1n) is 9.70. The van der Waals surface area contributed by atoms with Gasteiger partial charge in [-0.05, 0) is 24.6 Å². The molecule has 0 bridgehead atoms. The molecular weight excluding hydrogens is 398 g/mol. The average Bonchev–Trinajstić information content (AvgIpc) is 3.18. The Morgan fingerprint density at radius 3 is 2.33 bits per heavy atom. The second-order valence-corrected chi connectivity index (χ2v) is 8.33. The van der Waals surface area contributed by atoms with E-state index in [0.717, 1.165) is 26.7 Å². The fourth-order valence-electron chi connectivity index (χ4n) is 3.55. The first-order valence-corrected chi connectivity index (χ1v) is 10.6. The molecule has 152 valence electrons. The van der Waals surface area contributed by atoms with E-state index in [9.17, 15) is 14.4 Å². The lowest BCUT2D eigenvalue weighted by Crippen LogP contribution is -2.46. The van der Waals surface area contributed by atoms with Crippen LogP contribution < -0.4 is 5.32 Å². The van der Waals surface area contributed by atoms with E-state index in [2.05, 4.69) is 10.3 Å². The van der Waals surface area contributed by atoms with Gasteiger partial charge in [0.2, 0.25) is 17.7 Å². The topological polar surface area (TPSA) is 79.4 Å². The Bertz CT molecular complexity index is 1060. The van der Waals surface area contributed by atoms with Crippen molar-refractivity contribution in [3.05, 3.63) is 70.5 Å². The monoisotopic (exact) mass is 419 g/mol. The molecule has 0 unspecified atom stereocenters. The minimum absolute atomic E-state index is 0.132. The van der Waals surface area contributed by atoms with Gasteiger partial charge in [-0.25, -0.2) is 4.98 Å². The van der Waals surface area contributed by atoms with E-state index in [-0.39, 0.29) is 37.1 Å². The number of hydrogen-bond donors (Lipinski definition) is 1. The molecule has 2 aromatic carbocycles. The lowest BCUT2D eigenvalue weighted by atomic mass is 9.88. The molecule has 0 spiro atoms. The number of piperidine rings is 1. The van der Waals surface area contributed by atoms with Crippen LogP contribution in [0.1, 0.15) is 29.3 Å². The van der Waals surface area contributed by atoms with Gasteiger partial charge in [-0.1, -0.05) is 42.5 Å². The normalized spacial score (nSPS) is 14.8. The van der Waals surface area contributed by atoms with Gasteiger partial charge in [0.1, 0.15) is 6.54 Å². The minimum atomic E-state index is -0.396. The van der Waals surface area contributed by atoms with Crippen molar-refractivity contribution in [1.82, 2.24) is 9.88 Å². The number of nitrogens with zero attached hydrogens (tertiary/aromatic N) is 2. The van der Waals surface area contributed by atoms with Crippen molar-refractivity contribution in [2.45, 2.75) is 25.7 Å². The van der Waals surface area contributed by atoms with Crippen molar-refractivity contribution in [1.29, 1.82) is 0 Å². The summed E-state index contributed by atoms with van der Waals surface area (Å²) >= 11 is 1.58. The van der Waals surface area contributed by atoms with E-state index < -0.39 is 5.91 Å². The Kier molecular flexibility index (Phi) is 5.72. The Balaban J connectivity index is 1.36. The van der Waals surface area contributed by atoms with Crippen LogP contribution in [0.15, 0.2) is 60.0 Å². The summed E-state index contributed by atoms with van der Waals surface area (Å²) in [6.45, 7) is 1.68. The Morgan fingerprint density at radius 2 is 1.73 bits per heavy atom. The third-order valence-electron chi connectivity index (χ3n) is 5.10. The summed E-state index contributed by atoms with van der Waals surface area (Å²) in [6.07, 6.45) is 0.454. The second kappa shape index (κ2) is 8.59. The molecule has 0 radical (unpaired) electrons. The number of carbonyl (C=O) groups excluding carboxylic acids is 3. The molecule has 1 fully saturated rings. The molecule has 6 nitrogen and oxygen atoms in total. The molecule has 1 aliphatic rings. The van der Waals surface area contributed by atoms with E-state index in [4.69, 9.17) is 0 Å². The number of aryl methyl sites for hydroxylation is 1. The van der Waals surface area contributed by atoms with Crippen molar-refractivity contribution in [2.24, 2.45) is 0 Å². The highest BCUT2D eigenvalue weighted by molar-refractivity contribution is 7.09. The van der Waals surface area contributed by atoms with Crippen LogP contribution in [-0.2, 0) is 14.4 Å². The van der Waals surface area contributed by atoms with Crippen LogP contribution in [0.5, 0.6) is 0 Å². The fraction of sp³-hybridized carbons (Fsp3) is 0.217.